The summed E-state index contributed by atoms with van der Waals surface area (Å²) in [7, 11) is 1.93. The minimum absolute atomic E-state index is 0.155. The Morgan fingerprint density at radius 1 is 1.24 bits per heavy atom. The van der Waals surface area contributed by atoms with Crippen LogP contribution in [0.3, 0.4) is 0 Å². The van der Waals surface area contributed by atoms with Gasteiger partial charge in [-0.2, -0.15) is 9.61 Å². The molecule has 0 aliphatic carbocycles. The van der Waals surface area contributed by atoms with Crippen molar-refractivity contribution in [3.8, 4) is 0 Å². The number of carbonyl (C=O) groups is 1. The molecule has 29 heavy (non-hydrogen) atoms. The number of aryl methyl sites for hydroxylation is 1. The summed E-state index contributed by atoms with van der Waals surface area (Å²) in [5.41, 5.74) is 3.83. The second-order valence-corrected chi connectivity index (χ2v) is 7.74. The molecule has 4 rings (SSSR count). The zero-order valence-electron chi connectivity index (χ0n) is 16.8. The lowest BCUT2D eigenvalue weighted by Gasteiger charge is -2.14. The first-order valence-corrected chi connectivity index (χ1v) is 9.58. The summed E-state index contributed by atoms with van der Waals surface area (Å²) >= 11 is 0. The third-order valence-electron chi connectivity index (χ3n) is 5.09. The van der Waals surface area contributed by atoms with Crippen LogP contribution in [0.2, 0.25) is 0 Å². The zero-order valence-corrected chi connectivity index (χ0v) is 16.8. The molecular formula is C21H23FN6O. The molecule has 8 heteroatoms. The van der Waals surface area contributed by atoms with Crippen LogP contribution in [0, 0.1) is 5.82 Å². The lowest BCUT2D eigenvalue weighted by atomic mass is 10.0. The van der Waals surface area contributed by atoms with E-state index in [9.17, 15) is 9.18 Å². The van der Waals surface area contributed by atoms with Crippen molar-refractivity contribution in [2.75, 3.05) is 0 Å². The van der Waals surface area contributed by atoms with E-state index in [1.165, 1.54) is 23.0 Å². The number of aromatic nitrogens is 5. The standard InChI is InChI=1S/C21H23FN6O/c1-12(2)16-9-18(26-28-11-23-25-20(16)28)21(29)24-13(3)7-14-10-27(4)19-6-5-15(22)8-17(14)19/h5-6,8-13H,7H2,1-4H3,(H,24,29)/t13-/m1/s1. The van der Waals surface area contributed by atoms with Crippen LogP contribution in [-0.2, 0) is 13.5 Å². The smallest absolute Gasteiger partial charge is 0.271 e. The zero-order chi connectivity index (χ0) is 20.7. The minimum Gasteiger partial charge on any atom is -0.350 e. The third-order valence-corrected chi connectivity index (χ3v) is 5.09. The van der Waals surface area contributed by atoms with Gasteiger partial charge in [0, 0.05) is 35.8 Å². The number of rotatable bonds is 5. The number of nitrogens with one attached hydrogen (secondary N) is 1. The van der Waals surface area contributed by atoms with Gasteiger partial charge in [-0.15, -0.1) is 10.2 Å². The van der Waals surface area contributed by atoms with Gasteiger partial charge in [-0.25, -0.2) is 4.39 Å². The molecule has 4 aromatic rings. The van der Waals surface area contributed by atoms with E-state index in [2.05, 4.69) is 20.6 Å². The number of hydrogen-bond donors (Lipinski definition) is 1. The Hall–Kier alpha value is -3.29. The molecule has 0 aliphatic heterocycles. The summed E-state index contributed by atoms with van der Waals surface area (Å²) in [6, 6.07) is 6.37. The summed E-state index contributed by atoms with van der Waals surface area (Å²) < 4.78 is 17.2. The molecule has 7 nitrogen and oxygen atoms in total. The van der Waals surface area contributed by atoms with E-state index in [1.54, 1.807) is 12.1 Å². The Labute approximate surface area is 167 Å². The number of halogens is 1. The number of amides is 1. The van der Waals surface area contributed by atoms with Crippen LogP contribution >= 0.6 is 0 Å². The van der Waals surface area contributed by atoms with Crippen molar-refractivity contribution < 1.29 is 9.18 Å². The minimum atomic E-state index is -0.269. The number of carbonyl (C=O) groups excluding carboxylic acids is 1. The van der Waals surface area contributed by atoms with Crippen molar-refractivity contribution in [2.24, 2.45) is 7.05 Å². The monoisotopic (exact) mass is 394 g/mol. The van der Waals surface area contributed by atoms with Crippen LogP contribution in [0.25, 0.3) is 16.6 Å². The highest BCUT2D eigenvalue weighted by Crippen LogP contribution is 2.23. The lowest BCUT2D eigenvalue weighted by Crippen LogP contribution is -2.35. The van der Waals surface area contributed by atoms with Crippen LogP contribution < -0.4 is 5.32 Å². The van der Waals surface area contributed by atoms with Gasteiger partial charge < -0.3 is 9.88 Å². The maximum Gasteiger partial charge on any atom is 0.271 e. The molecule has 0 radical (unpaired) electrons. The van der Waals surface area contributed by atoms with Crippen LogP contribution in [0.1, 0.15) is 48.3 Å². The maximum atomic E-state index is 13.7. The van der Waals surface area contributed by atoms with E-state index < -0.39 is 0 Å². The Morgan fingerprint density at radius 3 is 2.79 bits per heavy atom. The van der Waals surface area contributed by atoms with Gasteiger partial charge in [0.1, 0.15) is 17.8 Å². The Kier molecular flexibility index (Phi) is 4.77. The van der Waals surface area contributed by atoms with Crippen LogP contribution in [0.5, 0.6) is 0 Å². The van der Waals surface area contributed by atoms with Crippen molar-refractivity contribution >= 4 is 22.5 Å². The van der Waals surface area contributed by atoms with E-state index in [1.807, 2.05) is 38.6 Å². The fourth-order valence-electron chi connectivity index (χ4n) is 3.67. The second kappa shape index (κ2) is 7.27. The van der Waals surface area contributed by atoms with Crippen molar-refractivity contribution in [1.82, 2.24) is 29.7 Å². The van der Waals surface area contributed by atoms with E-state index in [0.717, 1.165) is 22.0 Å². The van der Waals surface area contributed by atoms with E-state index in [-0.39, 0.29) is 23.7 Å². The predicted octanol–water partition coefficient (Wildman–Crippen LogP) is 3.24. The van der Waals surface area contributed by atoms with Gasteiger partial charge in [0.05, 0.1) is 0 Å². The highest BCUT2D eigenvalue weighted by molar-refractivity contribution is 5.93. The molecule has 3 aromatic heterocycles. The summed E-state index contributed by atoms with van der Waals surface area (Å²) in [6.45, 7) is 6.00. The number of nitrogens with zero attached hydrogens (tertiary/aromatic N) is 5. The quantitative estimate of drug-likeness (QED) is 0.564. The Balaban J connectivity index is 1.56. The molecule has 150 valence electrons. The lowest BCUT2D eigenvalue weighted by molar-refractivity contribution is 0.0933. The molecule has 3 heterocycles. The average Bonchev–Trinajstić information content (AvgIpc) is 3.25. The van der Waals surface area contributed by atoms with Crippen LogP contribution in [0.4, 0.5) is 4.39 Å². The first-order valence-electron chi connectivity index (χ1n) is 9.58. The number of benzene rings is 1. The summed E-state index contributed by atoms with van der Waals surface area (Å²) in [5.74, 6) is -0.352. The van der Waals surface area contributed by atoms with E-state index in [0.29, 0.717) is 17.8 Å². The molecule has 0 fully saturated rings. The van der Waals surface area contributed by atoms with Crippen molar-refractivity contribution in [1.29, 1.82) is 0 Å². The molecular weight excluding hydrogens is 371 g/mol. The van der Waals surface area contributed by atoms with Crippen LogP contribution in [0.15, 0.2) is 36.8 Å². The fraction of sp³-hybridized carbons (Fsp3) is 0.333. The van der Waals surface area contributed by atoms with Gasteiger partial charge in [-0.1, -0.05) is 13.8 Å². The SMILES string of the molecule is CC(C)c1cc(C(=O)N[C@H](C)Cc2cn(C)c3ccc(F)cc23)nn2cnnc12. The van der Waals surface area contributed by atoms with Gasteiger partial charge >= 0.3 is 0 Å². The molecule has 0 saturated carbocycles. The molecule has 1 N–H and O–H groups in total. The highest BCUT2D eigenvalue weighted by Gasteiger charge is 2.18. The molecule has 0 aliphatic rings. The van der Waals surface area contributed by atoms with Crippen molar-refractivity contribution in [3.63, 3.8) is 0 Å². The summed E-state index contributed by atoms with van der Waals surface area (Å²) in [4.78, 5) is 12.8. The summed E-state index contributed by atoms with van der Waals surface area (Å²) in [6.07, 6.45) is 4.05. The molecule has 0 bridgehead atoms. The van der Waals surface area contributed by atoms with E-state index in [4.69, 9.17) is 0 Å². The highest BCUT2D eigenvalue weighted by atomic mass is 19.1. The van der Waals surface area contributed by atoms with Crippen molar-refractivity contribution in [3.05, 3.63) is 59.4 Å². The molecule has 1 amide bonds. The number of fused-ring (bicyclic) bond motifs is 2. The van der Waals surface area contributed by atoms with E-state index >= 15 is 0 Å². The fourth-order valence-corrected chi connectivity index (χ4v) is 3.67. The molecule has 0 spiro atoms. The predicted molar refractivity (Wildman–Crippen MR) is 108 cm³/mol. The molecule has 1 aromatic carbocycles. The Bertz CT molecular complexity index is 1210. The van der Waals surface area contributed by atoms with Gasteiger partial charge in [-0.3, -0.25) is 4.79 Å². The molecule has 0 saturated heterocycles. The Morgan fingerprint density at radius 2 is 2.03 bits per heavy atom. The first-order chi connectivity index (χ1) is 13.8. The first kappa shape index (κ1) is 19.0. The molecule has 0 unspecified atom stereocenters. The normalized spacial score (nSPS) is 12.8. The number of hydrogen-bond acceptors (Lipinski definition) is 4. The second-order valence-electron chi connectivity index (χ2n) is 7.74. The third kappa shape index (κ3) is 3.57. The largest absolute Gasteiger partial charge is 0.350 e. The van der Waals surface area contributed by atoms with Gasteiger partial charge in [-0.05, 0) is 49.1 Å². The van der Waals surface area contributed by atoms with Gasteiger partial charge in [0.25, 0.3) is 5.91 Å². The van der Waals surface area contributed by atoms with Crippen LogP contribution in [-0.4, -0.2) is 36.3 Å². The maximum absolute atomic E-state index is 13.7. The van der Waals surface area contributed by atoms with Crippen molar-refractivity contribution in [2.45, 2.75) is 39.2 Å². The van der Waals surface area contributed by atoms with Gasteiger partial charge in [0.2, 0.25) is 0 Å². The van der Waals surface area contributed by atoms with Gasteiger partial charge in [0.15, 0.2) is 5.65 Å². The topological polar surface area (TPSA) is 77.1 Å². The average molecular weight is 394 g/mol. The molecule has 1 atom stereocenters. The summed E-state index contributed by atoms with van der Waals surface area (Å²) in [5, 5.41) is 16.2.